The molecule has 4 amide bonds. The molecule has 9 heteroatoms. The third-order valence-corrected chi connectivity index (χ3v) is 6.19. The fourth-order valence-electron chi connectivity index (χ4n) is 2.72. The number of amides is 4. The second kappa shape index (κ2) is 7.46. The van der Waals surface area contributed by atoms with E-state index in [-0.39, 0.29) is 5.75 Å². The average molecular weight is 390 g/mol. The number of thioether (sulfide) groups is 1. The summed E-state index contributed by atoms with van der Waals surface area (Å²) in [4.78, 5) is 41.6. The van der Waals surface area contributed by atoms with E-state index in [2.05, 4.69) is 15.7 Å². The van der Waals surface area contributed by atoms with E-state index in [1.54, 1.807) is 24.3 Å². The van der Waals surface area contributed by atoms with Crippen LogP contribution in [0.3, 0.4) is 0 Å². The molecule has 0 saturated carbocycles. The van der Waals surface area contributed by atoms with Gasteiger partial charge in [-0.2, -0.15) is 5.01 Å². The third-order valence-electron chi connectivity index (χ3n) is 4.05. The Labute approximate surface area is 159 Å². The van der Waals surface area contributed by atoms with Crippen molar-refractivity contribution >= 4 is 40.9 Å². The Bertz CT molecular complexity index is 840. The monoisotopic (exact) mass is 390 g/mol. The van der Waals surface area contributed by atoms with E-state index >= 15 is 0 Å². The molecule has 1 aromatic heterocycles. The molecule has 0 aliphatic carbocycles. The Hall–Kier alpha value is -2.39. The second-order valence-electron chi connectivity index (χ2n) is 5.77. The van der Waals surface area contributed by atoms with Crippen molar-refractivity contribution in [1.82, 2.24) is 20.7 Å². The summed E-state index contributed by atoms with van der Waals surface area (Å²) in [5, 5.41) is 5.39. The minimum atomic E-state index is -1.16. The first-order chi connectivity index (χ1) is 12.5. The highest BCUT2D eigenvalue weighted by molar-refractivity contribution is 8.01. The van der Waals surface area contributed by atoms with Crippen molar-refractivity contribution in [3.05, 3.63) is 47.0 Å². The average Bonchev–Trinajstić information content (AvgIpc) is 3.17. The van der Waals surface area contributed by atoms with Gasteiger partial charge in [0.25, 0.3) is 5.91 Å². The molecule has 0 radical (unpaired) electrons. The van der Waals surface area contributed by atoms with Crippen LogP contribution in [-0.2, 0) is 15.1 Å². The molecule has 7 nitrogen and oxygen atoms in total. The maximum absolute atomic E-state index is 12.9. The van der Waals surface area contributed by atoms with Crippen LogP contribution in [0.25, 0.3) is 0 Å². The number of carbonyl (C=O) groups excluding carboxylic acids is 3. The van der Waals surface area contributed by atoms with Crippen molar-refractivity contribution in [2.45, 2.75) is 30.1 Å². The minimum Gasteiger partial charge on any atom is -0.318 e. The smallest absolute Gasteiger partial charge is 0.318 e. The van der Waals surface area contributed by atoms with Crippen LogP contribution in [0.5, 0.6) is 0 Å². The minimum absolute atomic E-state index is 0.0640. The lowest BCUT2D eigenvalue weighted by Crippen LogP contribution is -2.49. The van der Waals surface area contributed by atoms with Gasteiger partial charge >= 0.3 is 6.03 Å². The molecule has 0 bridgehead atoms. The van der Waals surface area contributed by atoms with E-state index in [4.69, 9.17) is 0 Å². The van der Waals surface area contributed by atoms with E-state index in [9.17, 15) is 14.4 Å². The highest BCUT2D eigenvalue weighted by atomic mass is 32.2. The molecule has 3 rings (SSSR count). The van der Waals surface area contributed by atoms with Gasteiger partial charge in [0, 0.05) is 11.1 Å². The van der Waals surface area contributed by atoms with Gasteiger partial charge in [-0.1, -0.05) is 49.0 Å². The lowest BCUT2D eigenvalue weighted by Gasteiger charge is -2.25. The van der Waals surface area contributed by atoms with Crippen LogP contribution in [0.15, 0.2) is 40.1 Å². The Morgan fingerprint density at radius 2 is 2.08 bits per heavy atom. The van der Waals surface area contributed by atoms with Gasteiger partial charge in [-0.15, -0.1) is 11.3 Å². The standard InChI is InChI=1S/C17H18N4O3S2/c1-3-17(12-7-5-4-6-8-12)14(23)21(15(24)19-17)20-13(22)10-26-16-18-11(2)9-25-16/h4-9H,3,10H2,1-2H3,(H,19,24)(H,20,22). The van der Waals surface area contributed by atoms with Crippen molar-refractivity contribution in [2.75, 3.05) is 5.75 Å². The lowest BCUT2D eigenvalue weighted by atomic mass is 9.87. The van der Waals surface area contributed by atoms with Crippen molar-refractivity contribution in [3.63, 3.8) is 0 Å². The topological polar surface area (TPSA) is 91.4 Å². The number of nitrogens with one attached hydrogen (secondary N) is 2. The summed E-state index contributed by atoms with van der Waals surface area (Å²) in [5.41, 5.74) is 2.82. The van der Waals surface area contributed by atoms with Gasteiger partial charge in [-0.25, -0.2) is 9.78 Å². The molecule has 1 aliphatic heterocycles. The molecular weight excluding hydrogens is 372 g/mol. The Morgan fingerprint density at radius 1 is 1.35 bits per heavy atom. The maximum Gasteiger partial charge on any atom is 0.344 e. The first kappa shape index (κ1) is 18.4. The first-order valence-electron chi connectivity index (χ1n) is 8.03. The molecule has 1 unspecified atom stereocenters. The molecule has 2 heterocycles. The highest BCUT2D eigenvalue weighted by Gasteiger charge is 2.52. The number of aromatic nitrogens is 1. The van der Waals surface area contributed by atoms with Crippen LogP contribution in [0.1, 0.15) is 24.6 Å². The van der Waals surface area contributed by atoms with Crippen LogP contribution < -0.4 is 10.7 Å². The van der Waals surface area contributed by atoms with E-state index < -0.39 is 23.4 Å². The number of rotatable bonds is 6. The second-order valence-corrected chi connectivity index (χ2v) is 7.85. The Balaban J connectivity index is 1.69. The predicted octanol–water partition coefficient (Wildman–Crippen LogP) is 2.43. The molecule has 1 saturated heterocycles. The zero-order valence-electron chi connectivity index (χ0n) is 14.3. The van der Waals surface area contributed by atoms with Crippen LogP contribution in [0.2, 0.25) is 0 Å². The van der Waals surface area contributed by atoms with E-state index in [1.165, 1.54) is 23.1 Å². The number of thiazole rings is 1. The SMILES string of the molecule is CCC1(c2ccccc2)NC(=O)N(NC(=O)CSc2nc(C)cs2)C1=O. The van der Waals surface area contributed by atoms with Crippen molar-refractivity contribution < 1.29 is 14.4 Å². The molecule has 1 aromatic carbocycles. The quantitative estimate of drug-likeness (QED) is 0.584. The molecule has 26 heavy (non-hydrogen) atoms. The fourth-order valence-corrected chi connectivity index (χ4v) is 4.36. The molecule has 136 valence electrons. The molecular formula is C17H18N4O3S2. The number of urea groups is 1. The summed E-state index contributed by atoms with van der Waals surface area (Å²) in [6, 6.07) is 8.39. The van der Waals surface area contributed by atoms with Crippen LogP contribution in [0, 0.1) is 6.92 Å². The number of hydrogen-bond acceptors (Lipinski definition) is 6. The van der Waals surface area contributed by atoms with Crippen LogP contribution in [-0.4, -0.2) is 33.6 Å². The summed E-state index contributed by atoms with van der Waals surface area (Å²) < 4.78 is 0.766. The van der Waals surface area contributed by atoms with Gasteiger partial charge in [0.2, 0.25) is 5.91 Å². The first-order valence-corrected chi connectivity index (χ1v) is 9.89. The number of hydrazine groups is 1. The Kier molecular flexibility index (Phi) is 5.28. The summed E-state index contributed by atoms with van der Waals surface area (Å²) in [5.74, 6) is -0.861. The van der Waals surface area contributed by atoms with Crippen molar-refractivity contribution in [1.29, 1.82) is 0 Å². The molecule has 1 aliphatic rings. The Morgan fingerprint density at radius 3 is 2.69 bits per heavy atom. The summed E-state index contributed by atoms with van der Waals surface area (Å²) in [6.45, 7) is 3.69. The maximum atomic E-state index is 12.9. The number of carbonyl (C=O) groups is 3. The fraction of sp³-hybridized carbons (Fsp3) is 0.294. The summed E-state index contributed by atoms with van der Waals surface area (Å²) in [7, 11) is 0. The van der Waals surface area contributed by atoms with Gasteiger partial charge in [0.1, 0.15) is 5.54 Å². The largest absolute Gasteiger partial charge is 0.344 e. The molecule has 2 aromatic rings. The molecule has 1 fully saturated rings. The number of nitrogens with zero attached hydrogens (tertiary/aromatic N) is 2. The van der Waals surface area contributed by atoms with Crippen molar-refractivity contribution in [2.24, 2.45) is 0 Å². The number of benzene rings is 1. The zero-order chi connectivity index (χ0) is 18.7. The predicted molar refractivity (Wildman–Crippen MR) is 99.5 cm³/mol. The van der Waals surface area contributed by atoms with Crippen LogP contribution in [0.4, 0.5) is 4.79 Å². The molecule has 0 spiro atoms. The summed E-state index contributed by atoms with van der Waals surface area (Å²) >= 11 is 2.71. The van der Waals surface area contributed by atoms with Gasteiger partial charge in [0.15, 0.2) is 4.34 Å². The lowest BCUT2D eigenvalue weighted by molar-refractivity contribution is -0.138. The zero-order valence-corrected chi connectivity index (χ0v) is 15.9. The van der Waals surface area contributed by atoms with Crippen LogP contribution >= 0.6 is 23.1 Å². The molecule has 2 N–H and O–H groups in total. The number of hydrogen-bond donors (Lipinski definition) is 2. The number of aryl methyl sites for hydroxylation is 1. The van der Waals surface area contributed by atoms with Gasteiger partial charge in [-0.3, -0.25) is 15.0 Å². The van der Waals surface area contributed by atoms with Gasteiger partial charge < -0.3 is 5.32 Å². The van der Waals surface area contributed by atoms with E-state index in [1.807, 2.05) is 25.3 Å². The third kappa shape index (κ3) is 3.45. The van der Waals surface area contributed by atoms with Gasteiger partial charge in [-0.05, 0) is 18.9 Å². The van der Waals surface area contributed by atoms with E-state index in [0.29, 0.717) is 12.0 Å². The van der Waals surface area contributed by atoms with Crippen molar-refractivity contribution in [3.8, 4) is 0 Å². The number of imide groups is 1. The normalized spacial score (nSPS) is 19.5. The summed E-state index contributed by atoms with van der Waals surface area (Å²) in [6.07, 6.45) is 0.376. The molecule has 1 atom stereocenters. The highest BCUT2D eigenvalue weighted by Crippen LogP contribution is 2.31. The van der Waals surface area contributed by atoms with Gasteiger partial charge in [0.05, 0.1) is 5.75 Å². The van der Waals surface area contributed by atoms with E-state index in [0.717, 1.165) is 15.0 Å².